The number of nitrogens with two attached hydrogens (primary N) is 1. The number of nitrogens with zero attached hydrogens (tertiary/aromatic N) is 1. The van der Waals surface area contributed by atoms with Crippen LogP contribution in [0.25, 0.3) is 0 Å². The minimum Gasteiger partial charge on any atom is -0.493 e. The van der Waals surface area contributed by atoms with Crippen LogP contribution in [0.4, 0.5) is 0 Å². The van der Waals surface area contributed by atoms with Crippen LogP contribution in [0, 0.1) is 17.8 Å². The van der Waals surface area contributed by atoms with Crippen molar-refractivity contribution in [3.63, 3.8) is 0 Å². The number of ether oxygens (including phenoxy) is 3. The largest absolute Gasteiger partial charge is 0.493 e. The summed E-state index contributed by atoms with van der Waals surface area (Å²) in [5.74, 6) is 1.79. The smallest absolute Gasteiger partial charge is 0.328 e. The normalized spacial score (nSPS) is 27.5. The Labute approximate surface area is 166 Å². The topological polar surface area (TPSA) is 91.1 Å². The zero-order valence-corrected chi connectivity index (χ0v) is 17.0. The molecule has 5 atom stereocenters. The van der Waals surface area contributed by atoms with Crippen LogP contribution in [-0.4, -0.2) is 56.7 Å². The van der Waals surface area contributed by atoms with E-state index in [1.54, 1.807) is 25.2 Å². The molecule has 7 nitrogen and oxygen atoms in total. The Hall–Kier alpha value is -2.28. The third-order valence-electron chi connectivity index (χ3n) is 6.40. The van der Waals surface area contributed by atoms with E-state index in [2.05, 4.69) is 6.92 Å². The number of carbonyl (C=O) groups excluding carboxylic acids is 2. The van der Waals surface area contributed by atoms with Crippen molar-refractivity contribution in [1.29, 1.82) is 0 Å². The van der Waals surface area contributed by atoms with Crippen molar-refractivity contribution in [1.82, 2.24) is 4.90 Å². The quantitative estimate of drug-likeness (QED) is 0.712. The minimum absolute atomic E-state index is 0.0104. The molecule has 7 heteroatoms. The predicted octanol–water partition coefficient (Wildman–Crippen LogP) is 1.62. The van der Waals surface area contributed by atoms with E-state index in [0.29, 0.717) is 42.7 Å². The summed E-state index contributed by atoms with van der Waals surface area (Å²) in [4.78, 5) is 27.3. The Balaban J connectivity index is 1.89. The number of esters is 1. The van der Waals surface area contributed by atoms with Crippen molar-refractivity contribution in [2.24, 2.45) is 23.5 Å². The van der Waals surface area contributed by atoms with Gasteiger partial charge in [-0.25, -0.2) is 4.79 Å². The van der Waals surface area contributed by atoms with E-state index in [9.17, 15) is 9.59 Å². The molecular weight excluding hydrogens is 360 g/mol. The summed E-state index contributed by atoms with van der Waals surface area (Å²) < 4.78 is 15.7. The van der Waals surface area contributed by atoms with Gasteiger partial charge in [0.25, 0.3) is 0 Å². The molecule has 1 aromatic carbocycles. The van der Waals surface area contributed by atoms with Crippen molar-refractivity contribution in [2.75, 3.05) is 27.9 Å². The molecule has 2 fully saturated rings. The fourth-order valence-corrected chi connectivity index (χ4v) is 5.01. The predicted molar refractivity (Wildman–Crippen MR) is 104 cm³/mol. The number of hydrogen-bond donors (Lipinski definition) is 1. The van der Waals surface area contributed by atoms with Gasteiger partial charge in [-0.2, -0.15) is 0 Å². The van der Waals surface area contributed by atoms with E-state index >= 15 is 0 Å². The molecule has 2 unspecified atom stereocenters. The summed E-state index contributed by atoms with van der Waals surface area (Å²) in [5.41, 5.74) is 6.85. The van der Waals surface area contributed by atoms with Crippen LogP contribution < -0.4 is 15.2 Å². The summed E-state index contributed by atoms with van der Waals surface area (Å²) in [6.45, 7) is 2.75. The SMILES string of the molecule is COC(=O)C(Cc1ccc(OC)c(OC)c1)N1C(=O)C[C@@H]2C1C[C@H](C)[C@H]2CN. The van der Waals surface area contributed by atoms with Crippen LogP contribution in [0.1, 0.15) is 25.3 Å². The van der Waals surface area contributed by atoms with Gasteiger partial charge >= 0.3 is 5.97 Å². The van der Waals surface area contributed by atoms with E-state index in [-0.39, 0.29) is 17.9 Å². The molecule has 0 aromatic heterocycles. The number of benzene rings is 1. The maximum atomic E-state index is 12.9. The Bertz CT molecular complexity index is 738. The molecule has 0 spiro atoms. The molecule has 1 saturated heterocycles. The molecule has 1 aliphatic carbocycles. The first-order valence-electron chi connectivity index (χ1n) is 9.75. The molecule has 2 N–H and O–H groups in total. The van der Waals surface area contributed by atoms with Crippen molar-refractivity contribution in [3.8, 4) is 11.5 Å². The van der Waals surface area contributed by atoms with E-state index in [4.69, 9.17) is 19.9 Å². The first-order chi connectivity index (χ1) is 13.4. The van der Waals surface area contributed by atoms with Gasteiger partial charge in [-0.3, -0.25) is 4.79 Å². The molecule has 1 aliphatic heterocycles. The van der Waals surface area contributed by atoms with Crippen molar-refractivity contribution in [3.05, 3.63) is 23.8 Å². The zero-order valence-electron chi connectivity index (χ0n) is 17.0. The van der Waals surface area contributed by atoms with Crippen molar-refractivity contribution in [2.45, 2.75) is 38.3 Å². The number of carbonyl (C=O) groups is 2. The first kappa shape index (κ1) is 20.5. The highest BCUT2D eigenvalue weighted by Gasteiger charge is 2.53. The molecule has 1 amide bonds. The average molecular weight is 390 g/mol. The minimum atomic E-state index is -0.658. The Morgan fingerprint density at radius 2 is 1.96 bits per heavy atom. The van der Waals surface area contributed by atoms with Gasteiger partial charge in [0, 0.05) is 18.9 Å². The highest BCUT2D eigenvalue weighted by Crippen LogP contribution is 2.46. The third kappa shape index (κ3) is 3.55. The van der Waals surface area contributed by atoms with Gasteiger partial charge in [0.15, 0.2) is 11.5 Å². The van der Waals surface area contributed by atoms with E-state index < -0.39 is 12.0 Å². The van der Waals surface area contributed by atoms with Crippen LogP contribution in [0.3, 0.4) is 0 Å². The Morgan fingerprint density at radius 1 is 1.25 bits per heavy atom. The average Bonchev–Trinajstić information content (AvgIpc) is 3.17. The summed E-state index contributed by atoms with van der Waals surface area (Å²) in [6, 6.07) is 4.91. The zero-order chi connectivity index (χ0) is 20.4. The summed E-state index contributed by atoms with van der Waals surface area (Å²) in [5, 5.41) is 0. The second kappa shape index (κ2) is 8.39. The lowest BCUT2D eigenvalue weighted by molar-refractivity contribution is -0.152. The van der Waals surface area contributed by atoms with E-state index in [0.717, 1.165) is 12.0 Å². The number of amides is 1. The first-order valence-corrected chi connectivity index (χ1v) is 9.75. The number of fused-ring (bicyclic) bond motifs is 1. The monoisotopic (exact) mass is 390 g/mol. The molecule has 1 aromatic rings. The highest BCUT2D eigenvalue weighted by molar-refractivity contribution is 5.87. The number of methoxy groups -OCH3 is 3. The second-order valence-corrected chi connectivity index (χ2v) is 7.78. The molecule has 0 radical (unpaired) electrons. The van der Waals surface area contributed by atoms with E-state index in [1.807, 2.05) is 12.1 Å². The van der Waals surface area contributed by atoms with Crippen LogP contribution >= 0.6 is 0 Å². The van der Waals surface area contributed by atoms with Crippen molar-refractivity contribution >= 4 is 11.9 Å². The molecule has 3 rings (SSSR count). The molecule has 1 heterocycles. The number of rotatable bonds is 7. The van der Waals surface area contributed by atoms with Gasteiger partial charge in [-0.1, -0.05) is 13.0 Å². The molecular formula is C21H30N2O5. The van der Waals surface area contributed by atoms with Crippen LogP contribution in [-0.2, 0) is 20.7 Å². The molecule has 154 valence electrons. The molecule has 1 saturated carbocycles. The summed E-state index contributed by atoms with van der Waals surface area (Å²) >= 11 is 0. The molecule has 0 bridgehead atoms. The van der Waals surface area contributed by atoms with Gasteiger partial charge < -0.3 is 24.8 Å². The van der Waals surface area contributed by atoms with Crippen LogP contribution in [0.15, 0.2) is 18.2 Å². The number of hydrogen-bond acceptors (Lipinski definition) is 6. The summed E-state index contributed by atoms with van der Waals surface area (Å²) in [7, 11) is 4.51. The van der Waals surface area contributed by atoms with Crippen molar-refractivity contribution < 1.29 is 23.8 Å². The Morgan fingerprint density at radius 3 is 2.57 bits per heavy atom. The second-order valence-electron chi connectivity index (χ2n) is 7.78. The molecule has 2 aliphatic rings. The number of likely N-dealkylation sites (tertiary alicyclic amines) is 1. The van der Waals surface area contributed by atoms with Gasteiger partial charge in [0.2, 0.25) is 5.91 Å². The lowest BCUT2D eigenvalue weighted by atomic mass is 9.89. The lowest BCUT2D eigenvalue weighted by Crippen LogP contribution is -2.48. The third-order valence-corrected chi connectivity index (χ3v) is 6.40. The molecule has 28 heavy (non-hydrogen) atoms. The van der Waals surface area contributed by atoms with Crippen LogP contribution in [0.5, 0.6) is 11.5 Å². The Kier molecular flexibility index (Phi) is 6.13. The summed E-state index contributed by atoms with van der Waals surface area (Å²) in [6.07, 6.45) is 1.69. The lowest BCUT2D eigenvalue weighted by Gasteiger charge is -2.31. The highest BCUT2D eigenvalue weighted by atomic mass is 16.5. The fraction of sp³-hybridized carbons (Fsp3) is 0.619. The van der Waals surface area contributed by atoms with E-state index in [1.165, 1.54) is 7.11 Å². The standard InChI is InChI=1S/C21H30N2O5/c1-12-7-16-14(15(12)11-22)10-20(24)23(16)17(21(25)28-4)8-13-5-6-18(26-2)19(9-13)27-3/h5-6,9,12,14-17H,7-8,10-11,22H2,1-4H3/t12-,14-,15+,16?,17?/m0/s1. The maximum absolute atomic E-state index is 12.9. The van der Waals surface area contributed by atoms with Gasteiger partial charge in [0.1, 0.15) is 6.04 Å². The maximum Gasteiger partial charge on any atom is 0.328 e. The van der Waals surface area contributed by atoms with Gasteiger partial charge in [0.05, 0.1) is 21.3 Å². The van der Waals surface area contributed by atoms with Gasteiger partial charge in [-0.15, -0.1) is 0 Å². The van der Waals surface area contributed by atoms with Crippen LogP contribution in [0.2, 0.25) is 0 Å². The fourth-order valence-electron chi connectivity index (χ4n) is 5.01. The van der Waals surface area contributed by atoms with Gasteiger partial charge in [-0.05, 0) is 48.4 Å².